The molecule has 0 unspecified atom stereocenters. The number of nitrogens with one attached hydrogen (secondary N) is 1. The molecule has 1 aliphatic rings. The largest absolute Gasteiger partial charge is 0.397 e. The molecule has 1 aliphatic heterocycles. The molecule has 0 aromatic heterocycles. The Bertz CT molecular complexity index is 554. The molecule has 0 aliphatic carbocycles. The van der Waals surface area contributed by atoms with Gasteiger partial charge in [-0.25, -0.2) is 0 Å². The van der Waals surface area contributed by atoms with Crippen LogP contribution in [0.1, 0.15) is 19.8 Å². The van der Waals surface area contributed by atoms with Crippen LogP contribution in [0.25, 0.3) is 0 Å². The van der Waals surface area contributed by atoms with Gasteiger partial charge in [-0.3, -0.25) is 4.72 Å². The third-order valence-corrected chi connectivity index (χ3v) is 5.09. The van der Waals surface area contributed by atoms with E-state index in [0.717, 1.165) is 12.8 Å². The van der Waals surface area contributed by atoms with Gasteiger partial charge in [0.15, 0.2) is 0 Å². The summed E-state index contributed by atoms with van der Waals surface area (Å²) in [5.41, 5.74) is 6.43. The molecule has 1 aromatic rings. The Labute approximate surface area is 118 Å². The first-order valence-electron chi connectivity index (χ1n) is 6.21. The molecule has 5 nitrogen and oxygen atoms in total. The second-order valence-electron chi connectivity index (χ2n) is 4.92. The molecule has 106 valence electrons. The standard InChI is InChI=1S/C12H18ClN3O2S/c1-9-4-6-16(7-5-9)19(17,18)15-12-3-2-10(13)8-11(12)14/h2-3,8-9,15H,4-7,14H2,1H3. The highest BCUT2D eigenvalue weighted by Crippen LogP contribution is 2.25. The van der Waals surface area contributed by atoms with Gasteiger partial charge >= 0.3 is 10.2 Å². The minimum absolute atomic E-state index is 0.321. The quantitative estimate of drug-likeness (QED) is 0.841. The van der Waals surface area contributed by atoms with E-state index >= 15 is 0 Å². The molecule has 0 atom stereocenters. The molecule has 0 saturated carbocycles. The number of halogens is 1. The lowest BCUT2D eigenvalue weighted by Crippen LogP contribution is -2.41. The number of anilines is 2. The van der Waals surface area contributed by atoms with Crippen LogP contribution in [-0.4, -0.2) is 25.8 Å². The van der Waals surface area contributed by atoms with Gasteiger partial charge in [0.2, 0.25) is 0 Å². The van der Waals surface area contributed by atoms with Crippen LogP contribution in [0.2, 0.25) is 5.02 Å². The second kappa shape index (κ2) is 5.56. The van der Waals surface area contributed by atoms with Gasteiger partial charge in [-0.15, -0.1) is 0 Å². The third-order valence-electron chi connectivity index (χ3n) is 3.34. The summed E-state index contributed by atoms with van der Waals surface area (Å²) in [4.78, 5) is 0. The zero-order valence-electron chi connectivity index (χ0n) is 10.8. The van der Waals surface area contributed by atoms with E-state index in [1.165, 1.54) is 10.4 Å². The van der Waals surface area contributed by atoms with Gasteiger partial charge in [-0.05, 0) is 37.0 Å². The zero-order valence-corrected chi connectivity index (χ0v) is 12.3. The van der Waals surface area contributed by atoms with Crippen LogP contribution in [0.15, 0.2) is 18.2 Å². The molecule has 3 N–H and O–H groups in total. The number of nitrogens with two attached hydrogens (primary N) is 1. The second-order valence-corrected chi connectivity index (χ2v) is 7.03. The maximum atomic E-state index is 12.2. The Morgan fingerprint density at radius 1 is 1.37 bits per heavy atom. The normalized spacial score (nSPS) is 18.4. The number of hydrogen-bond donors (Lipinski definition) is 2. The van der Waals surface area contributed by atoms with Gasteiger partial charge in [0, 0.05) is 18.1 Å². The Morgan fingerprint density at radius 3 is 2.58 bits per heavy atom. The first-order valence-corrected chi connectivity index (χ1v) is 8.03. The van der Waals surface area contributed by atoms with Gasteiger partial charge in [0.1, 0.15) is 0 Å². The molecule has 0 amide bonds. The fourth-order valence-corrected chi connectivity index (χ4v) is 3.52. The van der Waals surface area contributed by atoms with Crippen molar-refractivity contribution in [2.24, 2.45) is 5.92 Å². The minimum atomic E-state index is -3.53. The first kappa shape index (κ1) is 14.4. The summed E-state index contributed by atoms with van der Waals surface area (Å²) in [6.45, 7) is 3.22. The summed E-state index contributed by atoms with van der Waals surface area (Å²) in [6, 6.07) is 4.70. The van der Waals surface area contributed by atoms with Crippen LogP contribution in [0.4, 0.5) is 11.4 Å². The molecule has 7 heteroatoms. The lowest BCUT2D eigenvalue weighted by atomic mass is 10.0. The number of piperidine rings is 1. The number of benzene rings is 1. The predicted octanol–water partition coefficient (Wildman–Crippen LogP) is 2.31. The average Bonchev–Trinajstić information content (AvgIpc) is 2.33. The molecule has 2 rings (SSSR count). The van der Waals surface area contributed by atoms with Crippen molar-refractivity contribution < 1.29 is 8.42 Å². The Hall–Kier alpha value is -0.980. The maximum absolute atomic E-state index is 12.2. The van der Waals surface area contributed by atoms with Crippen molar-refractivity contribution in [3.8, 4) is 0 Å². The number of nitrogen functional groups attached to an aromatic ring is 1. The highest BCUT2D eigenvalue weighted by molar-refractivity contribution is 7.90. The van der Waals surface area contributed by atoms with Crippen LogP contribution >= 0.6 is 11.6 Å². The van der Waals surface area contributed by atoms with E-state index < -0.39 is 10.2 Å². The van der Waals surface area contributed by atoms with Gasteiger partial charge in [-0.1, -0.05) is 18.5 Å². The molecular formula is C12H18ClN3O2S. The minimum Gasteiger partial charge on any atom is -0.397 e. The summed E-state index contributed by atoms with van der Waals surface area (Å²) in [5.74, 6) is 0.576. The summed E-state index contributed by atoms with van der Waals surface area (Å²) in [6.07, 6.45) is 1.77. The topological polar surface area (TPSA) is 75.4 Å². The van der Waals surface area contributed by atoms with E-state index in [9.17, 15) is 8.42 Å². The molecule has 1 heterocycles. The number of hydrogen-bond acceptors (Lipinski definition) is 3. The van der Waals surface area contributed by atoms with Crippen LogP contribution in [0, 0.1) is 5.92 Å². The van der Waals surface area contributed by atoms with Crippen molar-refractivity contribution in [2.75, 3.05) is 23.5 Å². The monoisotopic (exact) mass is 303 g/mol. The molecule has 0 spiro atoms. The van der Waals surface area contributed by atoms with Crippen molar-refractivity contribution in [2.45, 2.75) is 19.8 Å². The van der Waals surface area contributed by atoms with Crippen LogP contribution in [0.5, 0.6) is 0 Å². The molecule has 0 radical (unpaired) electrons. The fourth-order valence-electron chi connectivity index (χ4n) is 2.06. The van der Waals surface area contributed by atoms with Crippen LogP contribution in [-0.2, 0) is 10.2 Å². The van der Waals surface area contributed by atoms with E-state index in [2.05, 4.69) is 11.6 Å². The van der Waals surface area contributed by atoms with Crippen molar-refractivity contribution in [1.82, 2.24) is 4.31 Å². The van der Waals surface area contributed by atoms with E-state index in [4.69, 9.17) is 17.3 Å². The van der Waals surface area contributed by atoms with E-state index in [0.29, 0.717) is 35.4 Å². The maximum Gasteiger partial charge on any atom is 0.301 e. The Kier molecular flexibility index (Phi) is 4.23. The van der Waals surface area contributed by atoms with Gasteiger partial charge in [0.05, 0.1) is 11.4 Å². The first-order chi connectivity index (χ1) is 8.88. The fraction of sp³-hybridized carbons (Fsp3) is 0.500. The van der Waals surface area contributed by atoms with Crippen molar-refractivity contribution in [1.29, 1.82) is 0 Å². The molecule has 1 saturated heterocycles. The Morgan fingerprint density at radius 2 is 2.00 bits per heavy atom. The summed E-state index contributed by atoms with van der Waals surface area (Å²) in [7, 11) is -3.53. The summed E-state index contributed by atoms with van der Waals surface area (Å²) >= 11 is 5.79. The average molecular weight is 304 g/mol. The predicted molar refractivity (Wildman–Crippen MR) is 78.4 cm³/mol. The van der Waals surface area contributed by atoms with Gasteiger partial charge < -0.3 is 5.73 Å². The van der Waals surface area contributed by atoms with Gasteiger partial charge in [0.25, 0.3) is 0 Å². The molecule has 1 aromatic carbocycles. The van der Waals surface area contributed by atoms with E-state index in [-0.39, 0.29) is 0 Å². The Balaban J connectivity index is 2.12. The number of rotatable bonds is 3. The highest BCUT2D eigenvalue weighted by atomic mass is 35.5. The van der Waals surface area contributed by atoms with Gasteiger partial charge in [-0.2, -0.15) is 12.7 Å². The van der Waals surface area contributed by atoms with Crippen molar-refractivity contribution in [3.05, 3.63) is 23.2 Å². The van der Waals surface area contributed by atoms with Crippen LogP contribution in [0.3, 0.4) is 0 Å². The van der Waals surface area contributed by atoms with E-state index in [1.54, 1.807) is 12.1 Å². The molecule has 0 bridgehead atoms. The molecular weight excluding hydrogens is 286 g/mol. The zero-order chi connectivity index (χ0) is 14.0. The van der Waals surface area contributed by atoms with Crippen molar-refractivity contribution >= 4 is 33.2 Å². The number of nitrogens with zero attached hydrogens (tertiary/aromatic N) is 1. The van der Waals surface area contributed by atoms with E-state index in [1.807, 2.05) is 0 Å². The SMILES string of the molecule is CC1CCN(S(=O)(=O)Nc2ccc(Cl)cc2N)CC1. The summed E-state index contributed by atoms with van der Waals surface area (Å²) < 4.78 is 28.4. The summed E-state index contributed by atoms with van der Waals surface area (Å²) in [5, 5.41) is 0.479. The molecule has 1 fully saturated rings. The lowest BCUT2D eigenvalue weighted by molar-refractivity contribution is 0.289. The van der Waals surface area contributed by atoms with Crippen molar-refractivity contribution in [3.63, 3.8) is 0 Å². The lowest BCUT2D eigenvalue weighted by Gasteiger charge is -2.29. The molecule has 19 heavy (non-hydrogen) atoms. The smallest absolute Gasteiger partial charge is 0.301 e. The third kappa shape index (κ3) is 3.52. The highest BCUT2D eigenvalue weighted by Gasteiger charge is 2.26. The van der Waals surface area contributed by atoms with Crippen LogP contribution < -0.4 is 10.5 Å².